The van der Waals surface area contributed by atoms with Crippen LogP contribution in [-0.4, -0.2) is 21.3 Å². The average Bonchev–Trinajstić information content (AvgIpc) is 2.41. The van der Waals surface area contributed by atoms with E-state index in [9.17, 15) is 5.21 Å². The third-order valence-electron chi connectivity index (χ3n) is 3.16. The lowest BCUT2D eigenvalue weighted by Gasteiger charge is -2.31. The van der Waals surface area contributed by atoms with Crippen LogP contribution in [0.3, 0.4) is 0 Å². The summed E-state index contributed by atoms with van der Waals surface area (Å²) < 4.78 is 0. The summed E-state index contributed by atoms with van der Waals surface area (Å²) in [6, 6.07) is 2.10. The van der Waals surface area contributed by atoms with Gasteiger partial charge in [0, 0.05) is 0 Å². The van der Waals surface area contributed by atoms with E-state index in [0.29, 0.717) is 6.42 Å². The molecule has 68 valence electrons. The van der Waals surface area contributed by atoms with E-state index in [-0.39, 0.29) is 0 Å². The molecule has 3 nitrogen and oxygen atoms in total. The van der Waals surface area contributed by atoms with E-state index < -0.39 is 11.1 Å². The molecule has 13 heavy (non-hydrogen) atoms. The zero-order chi connectivity index (χ0) is 9.69. The van der Waals surface area contributed by atoms with Gasteiger partial charge in [-0.15, -0.1) is 0 Å². The Morgan fingerprint density at radius 2 is 2.31 bits per heavy atom. The molecule has 2 heterocycles. The van der Waals surface area contributed by atoms with E-state index in [0.717, 1.165) is 5.57 Å². The molecule has 2 aliphatic rings. The van der Waals surface area contributed by atoms with E-state index >= 15 is 0 Å². The van der Waals surface area contributed by atoms with Gasteiger partial charge in [0.15, 0.2) is 0 Å². The van der Waals surface area contributed by atoms with Gasteiger partial charge >= 0.3 is 0 Å². The van der Waals surface area contributed by atoms with Crippen molar-refractivity contribution in [2.75, 3.05) is 0 Å². The zero-order valence-corrected chi connectivity index (χ0v) is 7.78. The maximum absolute atomic E-state index is 9.91. The molecule has 3 heteroatoms. The van der Waals surface area contributed by atoms with Crippen LogP contribution in [0.25, 0.3) is 0 Å². The highest BCUT2D eigenvalue weighted by atomic mass is 16.5. The predicted molar refractivity (Wildman–Crippen MR) is 47.9 cm³/mol. The van der Waals surface area contributed by atoms with Gasteiger partial charge in [0.25, 0.3) is 0 Å². The topological polar surface area (TPSA) is 47.3 Å². The Morgan fingerprint density at radius 3 is 2.69 bits per heavy atom. The Balaban J connectivity index is 2.46. The third-order valence-corrected chi connectivity index (χ3v) is 3.16. The highest BCUT2D eigenvalue weighted by Gasteiger charge is 2.53. The Bertz CT molecular complexity index is 352. The molecule has 0 aromatic heterocycles. The number of hydroxylamine groups is 2. The second-order valence-electron chi connectivity index (χ2n) is 3.95. The average molecular weight is 176 g/mol. The fraction of sp³-hybridized carbons (Fsp3) is 0.500. The summed E-state index contributed by atoms with van der Waals surface area (Å²) in [5.74, 6) is 0. The van der Waals surface area contributed by atoms with E-state index in [2.05, 4.69) is 6.07 Å². The fourth-order valence-electron chi connectivity index (χ4n) is 2.12. The molecule has 1 N–H and O–H groups in total. The Kier molecular flexibility index (Phi) is 1.45. The Morgan fingerprint density at radius 1 is 1.62 bits per heavy atom. The zero-order valence-electron chi connectivity index (χ0n) is 7.78. The monoisotopic (exact) mass is 176 g/mol. The minimum absolute atomic E-state index is 0.299. The first-order valence-corrected chi connectivity index (χ1v) is 4.32. The minimum Gasteiger partial charge on any atom is -0.312 e. The van der Waals surface area contributed by atoms with Gasteiger partial charge in [-0.25, -0.2) is 0 Å². The van der Waals surface area contributed by atoms with Crippen LogP contribution in [0.2, 0.25) is 0 Å². The van der Waals surface area contributed by atoms with Crippen LogP contribution in [0.15, 0.2) is 23.8 Å². The van der Waals surface area contributed by atoms with Crippen LogP contribution < -0.4 is 0 Å². The number of hydrogen-bond acceptors (Lipinski definition) is 3. The summed E-state index contributed by atoms with van der Waals surface area (Å²) in [4.78, 5) is 0. The fourth-order valence-corrected chi connectivity index (χ4v) is 2.12. The molecule has 0 amide bonds. The number of nitrogens with zero attached hydrogens (tertiary/aromatic N) is 2. The smallest absolute Gasteiger partial charge is 0.0967 e. The number of fused-ring (bicyclic) bond motifs is 2. The molecule has 0 saturated carbocycles. The normalized spacial score (nSPS) is 42.2. The highest BCUT2D eigenvalue weighted by Crippen LogP contribution is 2.47. The van der Waals surface area contributed by atoms with E-state index in [1.807, 2.05) is 32.1 Å². The maximum Gasteiger partial charge on any atom is 0.0967 e. The second-order valence-corrected chi connectivity index (χ2v) is 3.95. The molecule has 0 radical (unpaired) electrons. The van der Waals surface area contributed by atoms with Crippen LogP contribution in [-0.2, 0) is 0 Å². The van der Waals surface area contributed by atoms with E-state index in [1.54, 1.807) is 0 Å². The van der Waals surface area contributed by atoms with Crippen molar-refractivity contribution in [2.45, 2.75) is 31.3 Å². The minimum atomic E-state index is -0.562. The number of hydrogen-bond donors (Lipinski definition) is 1. The van der Waals surface area contributed by atoms with Crippen molar-refractivity contribution in [3.63, 3.8) is 0 Å². The standard InChI is InChI=1S/C10H12N2O/c1-8-7-10(5-6-11)4-3-9(8,2)12(10)13/h3-4,7,13H,5H2,1-2H3. The Hall–Kier alpha value is -1.11. The lowest BCUT2D eigenvalue weighted by Crippen LogP contribution is -2.45. The predicted octanol–water partition coefficient (Wildman–Crippen LogP) is 1.62. The lowest BCUT2D eigenvalue weighted by molar-refractivity contribution is -0.161. The van der Waals surface area contributed by atoms with Gasteiger partial charge < -0.3 is 5.21 Å². The summed E-state index contributed by atoms with van der Waals surface area (Å²) in [5, 5.41) is 19.9. The van der Waals surface area contributed by atoms with Crippen molar-refractivity contribution >= 4 is 0 Å². The van der Waals surface area contributed by atoms with Gasteiger partial charge in [0.05, 0.1) is 23.6 Å². The molecule has 2 bridgehead atoms. The van der Waals surface area contributed by atoms with Crippen molar-refractivity contribution in [3.05, 3.63) is 23.8 Å². The molecule has 0 aromatic rings. The molecule has 2 aliphatic heterocycles. The van der Waals surface area contributed by atoms with Gasteiger partial charge in [-0.3, -0.25) is 0 Å². The summed E-state index contributed by atoms with van der Waals surface area (Å²) in [7, 11) is 0. The van der Waals surface area contributed by atoms with Gasteiger partial charge in [-0.2, -0.15) is 10.3 Å². The first-order valence-electron chi connectivity index (χ1n) is 4.32. The van der Waals surface area contributed by atoms with Gasteiger partial charge in [-0.05, 0) is 19.4 Å². The molecule has 2 unspecified atom stereocenters. The van der Waals surface area contributed by atoms with E-state index in [4.69, 9.17) is 5.26 Å². The summed E-state index contributed by atoms with van der Waals surface area (Å²) in [5.41, 5.74) is 0.150. The first-order chi connectivity index (χ1) is 6.05. The van der Waals surface area contributed by atoms with Crippen molar-refractivity contribution < 1.29 is 5.21 Å². The molecular formula is C10H12N2O. The van der Waals surface area contributed by atoms with Crippen LogP contribution in [0.1, 0.15) is 20.3 Å². The quantitative estimate of drug-likeness (QED) is 0.617. The molecule has 0 fully saturated rings. The molecule has 0 aromatic carbocycles. The van der Waals surface area contributed by atoms with Crippen molar-refractivity contribution in [1.29, 1.82) is 5.26 Å². The summed E-state index contributed by atoms with van der Waals surface area (Å²) in [6.07, 6.45) is 6.13. The van der Waals surface area contributed by atoms with Crippen molar-refractivity contribution in [2.24, 2.45) is 0 Å². The first kappa shape index (κ1) is 8.49. The Labute approximate surface area is 77.5 Å². The molecule has 2 rings (SSSR count). The van der Waals surface area contributed by atoms with Crippen LogP contribution in [0.5, 0.6) is 0 Å². The van der Waals surface area contributed by atoms with E-state index in [1.165, 1.54) is 5.06 Å². The molecule has 0 spiro atoms. The SMILES string of the molecule is CC1=CC2(CC#N)C=CC1(C)N2O. The van der Waals surface area contributed by atoms with Crippen molar-refractivity contribution in [1.82, 2.24) is 5.06 Å². The molecular weight excluding hydrogens is 164 g/mol. The van der Waals surface area contributed by atoms with Crippen LogP contribution in [0, 0.1) is 11.3 Å². The molecule has 0 saturated heterocycles. The van der Waals surface area contributed by atoms with Crippen molar-refractivity contribution in [3.8, 4) is 6.07 Å². The van der Waals surface area contributed by atoms with Gasteiger partial charge in [-0.1, -0.05) is 18.2 Å². The lowest BCUT2D eigenvalue weighted by atomic mass is 9.89. The number of rotatable bonds is 1. The molecule has 2 atom stereocenters. The third kappa shape index (κ3) is 0.796. The maximum atomic E-state index is 9.91. The largest absolute Gasteiger partial charge is 0.312 e. The second kappa shape index (κ2) is 2.22. The highest BCUT2D eigenvalue weighted by molar-refractivity contribution is 5.47. The van der Waals surface area contributed by atoms with Gasteiger partial charge in [0.1, 0.15) is 0 Å². The van der Waals surface area contributed by atoms with Gasteiger partial charge in [0.2, 0.25) is 0 Å². The molecule has 0 aliphatic carbocycles. The summed E-state index contributed by atoms with van der Waals surface area (Å²) in [6.45, 7) is 3.92. The van der Waals surface area contributed by atoms with Crippen LogP contribution in [0.4, 0.5) is 0 Å². The van der Waals surface area contributed by atoms with Crippen LogP contribution >= 0.6 is 0 Å². The number of nitriles is 1. The summed E-state index contributed by atoms with van der Waals surface area (Å²) >= 11 is 0.